The summed E-state index contributed by atoms with van der Waals surface area (Å²) in [5, 5.41) is 0. The van der Waals surface area contributed by atoms with Crippen molar-refractivity contribution < 1.29 is 19.2 Å². The number of carbonyl (C=O) groups is 4. The maximum atomic E-state index is 14.2. The van der Waals surface area contributed by atoms with Gasteiger partial charge in [0, 0.05) is 22.8 Å². The number of hydrogen-bond acceptors (Lipinski definition) is 4. The van der Waals surface area contributed by atoms with Crippen LogP contribution in [0.4, 0.5) is 0 Å². The lowest BCUT2D eigenvalue weighted by Gasteiger charge is -2.18. The fraction of sp³-hybridized carbons (Fsp3) is 0.200. The van der Waals surface area contributed by atoms with Crippen molar-refractivity contribution in [3.8, 4) is 11.4 Å². The van der Waals surface area contributed by atoms with E-state index in [1.165, 1.54) is 13.8 Å². The van der Waals surface area contributed by atoms with Crippen molar-refractivity contribution in [2.45, 2.75) is 41.5 Å². The average molecular weight is 479 g/mol. The van der Waals surface area contributed by atoms with Crippen LogP contribution in [0.25, 0.3) is 11.4 Å². The van der Waals surface area contributed by atoms with Gasteiger partial charge < -0.3 is 9.13 Å². The van der Waals surface area contributed by atoms with E-state index in [1.807, 2.05) is 62.4 Å². The maximum absolute atomic E-state index is 14.2. The molecule has 2 aromatic heterocycles. The highest BCUT2D eigenvalue weighted by atomic mass is 16.1. The average Bonchev–Trinajstić information content (AvgIpc) is 3.31. The minimum Gasteiger partial charge on any atom is -0.310 e. The summed E-state index contributed by atoms with van der Waals surface area (Å²) in [6.07, 6.45) is 0. The standard InChI is InChI=1S/C30H26N2O4/c1-15-7-11-21(12-8-15)31-17(3)23(19(5)33)25-27(31)29(35)26-24(20(6)34)18(4)32(28(26)30(25)36)22-13-9-16(2)10-14-22/h7-14H,1-6H3. The summed E-state index contributed by atoms with van der Waals surface area (Å²) in [7, 11) is 0. The van der Waals surface area contributed by atoms with E-state index in [0.717, 1.165) is 11.1 Å². The molecule has 36 heavy (non-hydrogen) atoms. The van der Waals surface area contributed by atoms with Gasteiger partial charge in [-0.05, 0) is 65.8 Å². The molecule has 0 saturated carbocycles. The first-order chi connectivity index (χ1) is 17.0. The van der Waals surface area contributed by atoms with Crippen LogP contribution in [-0.4, -0.2) is 32.3 Å². The van der Waals surface area contributed by atoms with Crippen LogP contribution >= 0.6 is 0 Å². The molecule has 5 rings (SSSR count). The maximum Gasteiger partial charge on any atom is 0.213 e. The molecule has 0 amide bonds. The topological polar surface area (TPSA) is 78.1 Å². The number of carbonyl (C=O) groups excluding carboxylic acids is 4. The normalized spacial score (nSPS) is 12.5. The van der Waals surface area contributed by atoms with Gasteiger partial charge in [0.2, 0.25) is 11.6 Å². The third-order valence-corrected chi connectivity index (χ3v) is 6.99. The summed E-state index contributed by atoms with van der Waals surface area (Å²) in [6.45, 7) is 10.2. The second-order valence-electron chi connectivity index (χ2n) is 9.48. The highest BCUT2D eigenvalue weighted by Crippen LogP contribution is 2.40. The number of rotatable bonds is 4. The molecule has 6 heteroatoms. The van der Waals surface area contributed by atoms with Crippen molar-refractivity contribution in [1.29, 1.82) is 0 Å². The first-order valence-electron chi connectivity index (χ1n) is 11.8. The van der Waals surface area contributed by atoms with E-state index < -0.39 is 11.6 Å². The minimum absolute atomic E-state index is 0.0963. The smallest absolute Gasteiger partial charge is 0.213 e. The van der Waals surface area contributed by atoms with Gasteiger partial charge in [-0.3, -0.25) is 19.2 Å². The fourth-order valence-corrected chi connectivity index (χ4v) is 5.39. The molecule has 0 atom stereocenters. The van der Waals surface area contributed by atoms with Crippen LogP contribution in [-0.2, 0) is 0 Å². The van der Waals surface area contributed by atoms with E-state index in [2.05, 4.69) is 0 Å². The number of hydrogen-bond donors (Lipinski definition) is 0. The van der Waals surface area contributed by atoms with Gasteiger partial charge in [0.1, 0.15) is 11.4 Å². The molecular weight excluding hydrogens is 452 g/mol. The lowest BCUT2D eigenvalue weighted by molar-refractivity contribution is 0.0956. The molecule has 1 aliphatic carbocycles. The largest absolute Gasteiger partial charge is 0.310 e. The first kappa shape index (κ1) is 23.4. The molecule has 4 aromatic rings. The summed E-state index contributed by atoms with van der Waals surface area (Å²) in [6, 6.07) is 15.1. The van der Waals surface area contributed by atoms with Gasteiger partial charge in [0.05, 0.1) is 22.3 Å². The van der Waals surface area contributed by atoms with Crippen LogP contribution in [0.1, 0.15) is 89.2 Å². The summed E-state index contributed by atoms with van der Waals surface area (Å²) >= 11 is 0. The number of ketones is 4. The Morgan fingerprint density at radius 2 is 0.861 bits per heavy atom. The SMILES string of the molecule is CC(=O)c1c2c(n(-c3ccc(C)cc3)c1C)C(=O)c1c(C(C)=O)c(C)n(-c3ccc(C)cc3)c1C2=O. The van der Waals surface area contributed by atoms with E-state index in [-0.39, 0.29) is 45.2 Å². The lowest BCUT2D eigenvalue weighted by atomic mass is 9.87. The predicted octanol–water partition coefficient (Wildman–Crippen LogP) is 5.68. The summed E-state index contributed by atoms with van der Waals surface area (Å²) in [5.41, 5.74) is 5.37. The molecule has 0 aliphatic heterocycles. The van der Waals surface area contributed by atoms with E-state index in [0.29, 0.717) is 22.8 Å². The molecule has 2 aromatic carbocycles. The quantitative estimate of drug-likeness (QED) is 0.311. The number of Topliss-reactive ketones (excluding diaryl/α,β-unsaturated/α-hetero) is 2. The Morgan fingerprint density at radius 1 is 0.556 bits per heavy atom. The first-order valence-corrected chi connectivity index (χ1v) is 11.8. The second kappa shape index (κ2) is 8.12. The van der Waals surface area contributed by atoms with Crippen LogP contribution in [0.5, 0.6) is 0 Å². The Balaban J connectivity index is 1.90. The van der Waals surface area contributed by atoms with Gasteiger partial charge in [-0.15, -0.1) is 0 Å². The van der Waals surface area contributed by atoms with Crippen molar-refractivity contribution in [1.82, 2.24) is 9.13 Å². The predicted molar refractivity (Wildman–Crippen MR) is 137 cm³/mol. The van der Waals surface area contributed by atoms with Gasteiger partial charge in [-0.1, -0.05) is 35.4 Å². The van der Waals surface area contributed by atoms with Crippen LogP contribution in [0.15, 0.2) is 48.5 Å². The van der Waals surface area contributed by atoms with Crippen LogP contribution in [0.3, 0.4) is 0 Å². The van der Waals surface area contributed by atoms with Crippen LogP contribution in [0.2, 0.25) is 0 Å². The molecular formula is C30H26N2O4. The fourth-order valence-electron chi connectivity index (χ4n) is 5.39. The molecule has 0 saturated heterocycles. The molecule has 0 bridgehead atoms. The molecule has 0 spiro atoms. The third kappa shape index (κ3) is 3.18. The van der Waals surface area contributed by atoms with E-state index in [4.69, 9.17) is 0 Å². The Morgan fingerprint density at radius 3 is 1.14 bits per heavy atom. The zero-order chi connectivity index (χ0) is 26.0. The van der Waals surface area contributed by atoms with Gasteiger partial charge in [0.15, 0.2) is 11.6 Å². The van der Waals surface area contributed by atoms with E-state index >= 15 is 0 Å². The Labute approximate surface area is 209 Å². The van der Waals surface area contributed by atoms with E-state index in [1.54, 1.807) is 23.0 Å². The second-order valence-corrected chi connectivity index (χ2v) is 9.48. The zero-order valence-electron chi connectivity index (χ0n) is 21.1. The summed E-state index contributed by atoms with van der Waals surface area (Å²) < 4.78 is 3.36. The van der Waals surface area contributed by atoms with Crippen molar-refractivity contribution in [2.75, 3.05) is 0 Å². The molecule has 2 heterocycles. The number of aryl methyl sites for hydroxylation is 2. The van der Waals surface area contributed by atoms with Gasteiger partial charge in [-0.2, -0.15) is 0 Å². The number of nitrogens with zero attached hydrogens (tertiary/aromatic N) is 2. The van der Waals surface area contributed by atoms with Gasteiger partial charge in [0.25, 0.3) is 0 Å². The van der Waals surface area contributed by atoms with Crippen molar-refractivity contribution in [3.63, 3.8) is 0 Å². The van der Waals surface area contributed by atoms with Crippen molar-refractivity contribution >= 4 is 23.1 Å². The van der Waals surface area contributed by atoms with E-state index in [9.17, 15) is 19.2 Å². The minimum atomic E-state index is -0.435. The van der Waals surface area contributed by atoms with Crippen LogP contribution < -0.4 is 0 Å². The Hall–Kier alpha value is -4.32. The molecule has 0 fully saturated rings. The highest BCUT2D eigenvalue weighted by Gasteiger charge is 2.44. The van der Waals surface area contributed by atoms with Gasteiger partial charge >= 0.3 is 0 Å². The Kier molecular flexibility index (Phi) is 5.29. The monoisotopic (exact) mass is 478 g/mol. The summed E-state index contributed by atoms with van der Waals surface area (Å²) in [4.78, 5) is 54.1. The molecule has 1 aliphatic rings. The molecule has 180 valence electrons. The summed E-state index contributed by atoms with van der Waals surface area (Å²) in [5.74, 6) is -1.46. The highest BCUT2D eigenvalue weighted by molar-refractivity contribution is 6.33. The molecule has 0 radical (unpaired) electrons. The van der Waals surface area contributed by atoms with Crippen molar-refractivity contribution in [2.24, 2.45) is 0 Å². The lowest BCUT2D eigenvalue weighted by Crippen LogP contribution is -2.26. The molecule has 0 N–H and O–H groups in total. The van der Waals surface area contributed by atoms with Crippen LogP contribution in [0, 0.1) is 27.7 Å². The van der Waals surface area contributed by atoms with Gasteiger partial charge in [-0.25, -0.2) is 0 Å². The molecule has 6 nitrogen and oxygen atoms in total. The van der Waals surface area contributed by atoms with Crippen molar-refractivity contribution in [3.05, 3.63) is 105 Å². The number of fused-ring (bicyclic) bond motifs is 2. The number of aromatic nitrogens is 2. The zero-order valence-corrected chi connectivity index (χ0v) is 21.1. The number of benzene rings is 2. The third-order valence-electron chi connectivity index (χ3n) is 6.99. The Bertz CT molecular complexity index is 1500. The molecule has 0 unspecified atom stereocenters.